The van der Waals surface area contributed by atoms with Crippen LogP contribution in [-0.2, 0) is 4.79 Å². The van der Waals surface area contributed by atoms with Gasteiger partial charge >= 0.3 is 0 Å². The molecule has 0 spiro atoms. The Hall–Kier alpha value is -3.78. The van der Waals surface area contributed by atoms with Crippen LogP contribution < -0.4 is 4.90 Å². The number of nitrogens with zero attached hydrogens (tertiary/aromatic N) is 7. The van der Waals surface area contributed by atoms with Gasteiger partial charge in [-0.15, -0.1) is 0 Å². The fourth-order valence-corrected chi connectivity index (χ4v) is 3.84. The van der Waals surface area contributed by atoms with Gasteiger partial charge in [0, 0.05) is 37.8 Å². The lowest BCUT2D eigenvalue weighted by molar-refractivity contribution is -0.138. The van der Waals surface area contributed by atoms with Crippen molar-refractivity contribution in [1.29, 1.82) is 10.5 Å². The summed E-state index contributed by atoms with van der Waals surface area (Å²) >= 11 is 0. The normalized spacial score (nSPS) is 19.0. The van der Waals surface area contributed by atoms with Crippen molar-refractivity contribution in [2.24, 2.45) is 11.0 Å². The summed E-state index contributed by atoms with van der Waals surface area (Å²) in [4.78, 5) is 23.4. The maximum Gasteiger partial charge on any atom is 0.246 e. The lowest BCUT2D eigenvalue weighted by Gasteiger charge is -2.34. The molecule has 0 radical (unpaired) electrons. The molecule has 1 amide bonds. The molecule has 2 aliphatic rings. The van der Waals surface area contributed by atoms with E-state index in [2.05, 4.69) is 26.0 Å². The third-order valence-corrected chi connectivity index (χ3v) is 5.37. The number of nitriles is 2. The quantitative estimate of drug-likeness (QED) is 0.802. The Morgan fingerprint density at radius 3 is 2.72 bits per heavy atom. The molecule has 8 heteroatoms. The maximum atomic E-state index is 13.1. The van der Waals surface area contributed by atoms with Crippen LogP contribution in [0.2, 0.25) is 0 Å². The minimum atomic E-state index is -0.158. The van der Waals surface area contributed by atoms with Gasteiger partial charge in [0.15, 0.2) is 0 Å². The molecule has 1 aromatic carbocycles. The summed E-state index contributed by atoms with van der Waals surface area (Å²) in [7, 11) is 0. The second kappa shape index (κ2) is 8.07. The fraction of sp³-hybridized carbons (Fsp3) is 0.333. The van der Waals surface area contributed by atoms with E-state index in [0.29, 0.717) is 43.7 Å². The minimum Gasteiger partial charge on any atom is -0.356 e. The average Bonchev–Trinajstić information content (AvgIpc) is 3.29. The molecule has 1 aromatic heterocycles. The smallest absolute Gasteiger partial charge is 0.246 e. The number of hydrogen-bond donors (Lipinski definition) is 0. The number of aromatic nitrogens is 2. The van der Waals surface area contributed by atoms with Crippen LogP contribution in [-0.4, -0.2) is 40.2 Å². The van der Waals surface area contributed by atoms with Crippen molar-refractivity contribution >= 4 is 17.9 Å². The number of hydrazone groups is 1. The monoisotopic (exact) mass is 385 g/mol. The first-order valence-electron chi connectivity index (χ1n) is 9.53. The van der Waals surface area contributed by atoms with E-state index in [9.17, 15) is 4.79 Å². The number of carbonyl (C=O) groups excluding carboxylic acids is 1. The molecular weight excluding hydrogens is 366 g/mol. The van der Waals surface area contributed by atoms with Crippen LogP contribution in [0.3, 0.4) is 0 Å². The highest BCUT2D eigenvalue weighted by Gasteiger charge is 2.35. The highest BCUT2D eigenvalue weighted by molar-refractivity contribution is 5.82. The summed E-state index contributed by atoms with van der Waals surface area (Å²) in [5, 5.41) is 24.0. The van der Waals surface area contributed by atoms with E-state index >= 15 is 0 Å². The van der Waals surface area contributed by atoms with Crippen molar-refractivity contribution in [3.05, 3.63) is 53.5 Å². The number of anilines is 1. The fourth-order valence-electron chi connectivity index (χ4n) is 3.84. The van der Waals surface area contributed by atoms with Crippen LogP contribution in [0.5, 0.6) is 0 Å². The predicted octanol–water partition coefficient (Wildman–Crippen LogP) is 2.40. The zero-order valence-electron chi connectivity index (χ0n) is 15.8. The Morgan fingerprint density at radius 2 is 1.97 bits per heavy atom. The SMILES string of the molecule is N#Cc1cccc(C2CC=NN2C(=O)C2CCN(c3ccnc(C#N)n3)CC2)c1. The second-order valence-electron chi connectivity index (χ2n) is 7.08. The second-order valence-corrected chi connectivity index (χ2v) is 7.08. The topological polar surface area (TPSA) is 109 Å². The van der Waals surface area contributed by atoms with Crippen molar-refractivity contribution in [3.8, 4) is 12.1 Å². The van der Waals surface area contributed by atoms with Gasteiger partial charge in [-0.3, -0.25) is 4.79 Å². The summed E-state index contributed by atoms with van der Waals surface area (Å²) in [6.07, 6.45) is 5.39. The molecule has 0 N–H and O–H groups in total. The van der Waals surface area contributed by atoms with Crippen molar-refractivity contribution in [2.75, 3.05) is 18.0 Å². The predicted molar refractivity (Wildman–Crippen MR) is 106 cm³/mol. The van der Waals surface area contributed by atoms with E-state index in [-0.39, 0.29) is 23.7 Å². The summed E-state index contributed by atoms with van der Waals surface area (Å²) in [6, 6.07) is 13.1. The third-order valence-electron chi connectivity index (χ3n) is 5.37. The van der Waals surface area contributed by atoms with Crippen LogP contribution >= 0.6 is 0 Å². The Labute approximate surface area is 168 Å². The van der Waals surface area contributed by atoms with Crippen LogP contribution in [0.25, 0.3) is 0 Å². The standard InChI is InChI=1S/C21H19N7O/c22-13-15-2-1-3-17(12-15)18-4-9-25-28(18)21(29)16-6-10-27(11-7-16)20-5-8-24-19(14-23)26-20/h1-3,5,8-9,12,16,18H,4,6-7,10-11H2. The molecule has 0 aliphatic carbocycles. The number of rotatable bonds is 3. The molecule has 1 saturated heterocycles. The summed E-state index contributed by atoms with van der Waals surface area (Å²) in [5.74, 6) is 0.772. The van der Waals surface area contributed by atoms with Gasteiger partial charge in [-0.05, 0) is 36.6 Å². The molecule has 8 nitrogen and oxygen atoms in total. The number of hydrogen-bond acceptors (Lipinski definition) is 7. The van der Waals surface area contributed by atoms with Gasteiger partial charge in [-0.1, -0.05) is 12.1 Å². The molecule has 29 heavy (non-hydrogen) atoms. The Kier molecular flexibility index (Phi) is 5.17. The number of amides is 1. The summed E-state index contributed by atoms with van der Waals surface area (Å²) in [6.45, 7) is 1.37. The Morgan fingerprint density at radius 1 is 1.14 bits per heavy atom. The molecule has 1 fully saturated rings. The Balaban J connectivity index is 1.43. The third kappa shape index (κ3) is 3.78. The number of piperidine rings is 1. The zero-order chi connectivity index (χ0) is 20.2. The summed E-state index contributed by atoms with van der Waals surface area (Å²) in [5.41, 5.74) is 1.51. The van der Waals surface area contributed by atoms with Crippen molar-refractivity contribution in [2.45, 2.75) is 25.3 Å². The first kappa shape index (κ1) is 18.6. The molecular formula is C21H19N7O. The van der Waals surface area contributed by atoms with E-state index in [4.69, 9.17) is 10.5 Å². The summed E-state index contributed by atoms with van der Waals surface area (Å²) < 4.78 is 0. The van der Waals surface area contributed by atoms with Crippen LogP contribution in [0, 0.1) is 28.6 Å². The van der Waals surface area contributed by atoms with E-state index in [0.717, 1.165) is 5.56 Å². The Bertz CT molecular complexity index is 1030. The zero-order valence-corrected chi connectivity index (χ0v) is 15.8. The lowest BCUT2D eigenvalue weighted by Crippen LogP contribution is -2.41. The molecule has 1 unspecified atom stereocenters. The molecule has 2 aliphatic heterocycles. The van der Waals surface area contributed by atoms with Crippen LogP contribution in [0.15, 0.2) is 41.6 Å². The minimum absolute atomic E-state index is 0.0196. The van der Waals surface area contributed by atoms with Crippen LogP contribution in [0.4, 0.5) is 5.82 Å². The number of benzene rings is 1. The van der Waals surface area contributed by atoms with E-state index < -0.39 is 0 Å². The maximum absolute atomic E-state index is 13.1. The van der Waals surface area contributed by atoms with Crippen molar-refractivity contribution in [1.82, 2.24) is 15.0 Å². The molecule has 3 heterocycles. The van der Waals surface area contributed by atoms with Gasteiger partial charge in [-0.2, -0.15) is 15.6 Å². The van der Waals surface area contributed by atoms with Gasteiger partial charge < -0.3 is 4.90 Å². The first-order chi connectivity index (χ1) is 14.2. The van der Waals surface area contributed by atoms with Crippen LogP contribution in [0.1, 0.15) is 42.3 Å². The molecule has 2 aromatic rings. The van der Waals surface area contributed by atoms with Crippen molar-refractivity contribution < 1.29 is 4.79 Å². The van der Waals surface area contributed by atoms with Crippen molar-refractivity contribution in [3.63, 3.8) is 0 Å². The first-order valence-corrected chi connectivity index (χ1v) is 9.53. The number of carbonyl (C=O) groups is 1. The van der Waals surface area contributed by atoms with Gasteiger partial charge in [0.25, 0.3) is 0 Å². The molecule has 4 rings (SSSR count). The van der Waals surface area contributed by atoms with E-state index in [1.165, 1.54) is 0 Å². The molecule has 144 valence electrons. The highest BCUT2D eigenvalue weighted by atomic mass is 16.2. The van der Waals surface area contributed by atoms with Gasteiger partial charge in [0.1, 0.15) is 11.9 Å². The lowest BCUT2D eigenvalue weighted by atomic mass is 9.94. The highest BCUT2D eigenvalue weighted by Crippen LogP contribution is 2.32. The van der Waals surface area contributed by atoms with E-state index in [1.54, 1.807) is 29.6 Å². The average molecular weight is 385 g/mol. The van der Waals surface area contributed by atoms with Gasteiger partial charge in [0.05, 0.1) is 17.7 Å². The molecule has 0 bridgehead atoms. The van der Waals surface area contributed by atoms with E-state index in [1.807, 2.05) is 24.3 Å². The molecule has 0 saturated carbocycles. The molecule has 1 atom stereocenters. The van der Waals surface area contributed by atoms with Gasteiger partial charge in [0.2, 0.25) is 11.7 Å². The largest absolute Gasteiger partial charge is 0.356 e. The van der Waals surface area contributed by atoms with Gasteiger partial charge in [-0.25, -0.2) is 15.0 Å².